The molecule has 0 aliphatic heterocycles. The number of aromatic nitrogens is 1. The molecule has 0 amide bonds. The van der Waals surface area contributed by atoms with Gasteiger partial charge in [0.1, 0.15) is 0 Å². The quantitative estimate of drug-likeness (QED) is 0.0623. The van der Waals surface area contributed by atoms with Crippen LogP contribution in [0.3, 0.4) is 0 Å². The molecule has 5 aromatic rings. The van der Waals surface area contributed by atoms with Gasteiger partial charge in [0.2, 0.25) is 0 Å². The largest absolute Gasteiger partial charge is 0.395 e. The summed E-state index contributed by atoms with van der Waals surface area (Å²) >= 11 is 14.2. The molecule has 9 heteroatoms. The average molecular weight is 655 g/mol. The zero-order valence-corrected chi connectivity index (χ0v) is 27.0. The third-order valence-electron chi connectivity index (χ3n) is 7.66. The van der Waals surface area contributed by atoms with Gasteiger partial charge < -0.3 is 25.4 Å². The number of benzene rings is 4. The standard InChI is InChI=1S/C37H37Cl2N5O2/c1-40-43-35-22-30(16-19-44(35)25-28-10-8-26(9-11-28)23-41-17-20-45)32-5-3-7-34(37(32)39)33-6-2-4-31(36(33)38)29-14-12-27(13-15-29)24-42-18-21-46/h2-16,19,22,41-42,45-46H,1,17-18,20-21,23-25H2/b43-35-. The van der Waals surface area contributed by atoms with E-state index < -0.39 is 0 Å². The number of hydrogen-bond acceptors (Lipinski definition) is 6. The third kappa shape index (κ3) is 8.19. The fraction of sp³-hybridized carbons (Fsp3) is 0.189. The Bertz CT molecular complexity index is 1840. The first-order valence-corrected chi connectivity index (χ1v) is 15.9. The second-order valence-corrected chi connectivity index (χ2v) is 11.5. The van der Waals surface area contributed by atoms with Gasteiger partial charge in [0.25, 0.3) is 0 Å². The summed E-state index contributed by atoms with van der Waals surface area (Å²) in [6, 6.07) is 32.5. The van der Waals surface area contributed by atoms with Crippen molar-refractivity contribution < 1.29 is 10.2 Å². The Kier molecular flexibility index (Phi) is 11.9. The fourth-order valence-corrected chi connectivity index (χ4v) is 5.96. The van der Waals surface area contributed by atoms with Crippen molar-refractivity contribution in [3.05, 3.63) is 135 Å². The van der Waals surface area contributed by atoms with Crippen LogP contribution in [0.4, 0.5) is 0 Å². The van der Waals surface area contributed by atoms with Gasteiger partial charge >= 0.3 is 0 Å². The number of aliphatic hydroxyl groups excluding tert-OH is 2. The van der Waals surface area contributed by atoms with Crippen LogP contribution in [0.25, 0.3) is 33.4 Å². The molecular weight excluding hydrogens is 617 g/mol. The summed E-state index contributed by atoms with van der Waals surface area (Å²) < 4.78 is 2.02. The van der Waals surface area contributed by atoms with Crippen LogP contribution in [0.1, 0.15) is 16.7 Å². The van der Waals surface area contributed by atoms with E-state index in [-0.39, 0.29) is 13.2 Å². The zero-order valence-electron chi connectivity index (χ0n) is 25.5. The molecule has 5 rings (SSSR count). The first-order valence-electron chi connectivity index (χ1n) is 15.1. The van der Waals surface area contributed by atoms with Crippen molar-refractivity contribution in [2.24, 2.45) is 10.2 Å². The van der Waals surface area contributed by atoms with Crippen LogP contribution in [0.15, 0.2) is 113 Å². The van der Waals surface area contributed by atoms with Gasteiger partial charge in [-0.15, -0.1) is 5.10 Å². The number of halogens is 2. The second kappa shape index (κ2) is 16.5. The highest BCUT2D eigenvalue weighted by atomic mass is 35.5. The van der Waals surface area contributed by atoms with Gasteiger partial charge in [0.15, 0.2) is 5.49 Å². The predicted molar refractivity (Wildman–Crippen MR) is 189 cm³/mol. The summed E-state index contributed by atoms with van der Waals surface area (Å²) in [5.41, 5.74) is 9.40. The van der Waals surface area contributed by atoms with E-state index in [1.807, 2.05) is 59.3 Å². The van der Waals surface area contributed by atoms with Crippen LogP contribution in [0.2, 0.25) is 10.0 Å². The first-order chi connectivity index (χ1) is 22.5. The monoisotopic (exact) mass is 653 g/mol. The molecule has 0 aliphatic carbocycles. The summed E-state index contributed by atoms with van der Waals surface area (Å²) in [7, 11) is 0. The molecule has 0 aliphatic rings. The molecule has 0 unspecified atom stereocenters. The van der Waals surface area contributed by atoms with Crippen molar-refractivity contribution in [2.45, 2.75) is 19.6 Å². The summed E-state index contributed by atoms with van der Waals surface area (Å²) in [4.78, 5) is 0. The molecule has 1 heterocycles. The van der Waals surface area contributed by atoms with E-state index in [0.29, 0.717) is 48.3 Å². The van der Waals surface area contributed by atoms with E-state index in [4.69, 9.17) is 33.4 Å². The van der Waals surface area contributed by atoms with Gasteiger partial charge in [0.05, 0.1) is 23.3 Å². The van der Waals surface area contributed by atoms with E-state index in [1.54, 1.807) is 0 Å². The summed E-state index contributed by atoms with van der Waals surface area (Å²) in [5, 5.41) is 33.7. The maximum Gasteiger partial charge on any atom is 0.156 e. The fourth-order valence-electron chi connectivity index (χ4n) is 5.29. The number of rotatable bonds is 14. The summed E-state index contributed by atoms with van der Waals surface area (Å²) in [6.45, 7) is 6.93. The van der Waals surface area contributed by atoms with Crippen LogP contribution in [-0.4, -0.2) is 47.8 Å². The summed E-state index contributed by atoms with van der Waals surface area (Å²) in [5.74, 6) is 0. The lowest BCUT2D eigenvalue weighted by Gasteiger charge is -2.15. The predicted octanol–water partition coefficient (Wildman–Crippen LogP) is 6.52. The Morgan fingerprint density at radius 3 is 1.67 bits per heavy atom. The molecule has 0 radical (unpaired) electrons. The van der Waals surface area contributed by atoms with Crippen LogP contribution >= 0.6 is 23.2 Å². The normalized spacial score (nSPS) is 11.6. The van der Waals surface area contributed by atoms with Crippen LogP contribution in [0, 0.1) is 0 Å². The molecule has 0 saturated carbocycles. The van der Waals surface area contributed by atoms with Crippen molar-refractivity contribution in [3.8, 4) is 33.4 Å². The minimum atomic E-state index is 0.110. The van der Waals surface area contributed by atoms with Crippen LogP contribution in [0.5, 0.6) is 0 Å². The number of nitrogens with one attached hydrogen (secondary N) is 2. The Morgan fingerprint density at radius 2 is 1.13 bits per heavy atom. The molecular formula is C37H37Cl2N5O2. The average Bonchev–Trinajstić information content (AvgIpc) is 3.07. The molecule has 7 nitrogen and oxygen atoms in total. The van der Waals surface area contributed by atoms with Crippen molar-refractivity contribution in [1.82, 2.24) is 15.2 Å². The Morgan fingerprint density at radius 1 is 0.630 bits per heavy atom. The molecule has 4 aromatic carbocycles. The van der Waals surface area contributed by atoms with E-state index in [0.717, 1.165) is 50.1 Å². The maximum absolute atomic E-state index is 9.01. The number of aliphatic hydroxyl groups is 2. The van der Waals surface area contributed by atoms with Gasteiger partial charge in [-0.3, -0.25) is 0 Å². The minimum Gasteiger partial charge on any atom is -0.395 e. The van der Waals surface area contributed by atoms with E-state index in [2.05, 4.69) is 76.1 Å². The van der Waals surface area contributed by atoms with E-state index >= 15 is 0 Å². The zero-order chi connectivity index (χ0) is 32.3. The van der Waals surface area contributed by atoms with Gasteiger partial charge in [-0.05, 0) is 39.9 Å². The highest BCUT2D eigenvalue weighted by Gasteiger charge is 2.16. The van der Waals surface area contributed by atoms with E-state index in [1.165, 1.54) is 0 Å². The lowest BCUT2D eigenvalue weighted by Crippen LogP contribution is -2.21. The third-order valence-corrected chi connectivity index (χ3v) is 8.48. The molecule has 4 N–H and O–H groups in total. The Labute approximate surface area is 279 Å². The van der Waals surface area contributed by atoms with Crippen molar-refractivity contribution >= 4 is 29.9 Å². The van der Waals surface area contributed by atoms with Crippen LogP contribution in [-0.2, 0) is 19.6 Å². The van der Waals surface area contributed by atoms with E-state index in [9.17, 15) is 0 Å². The van der Waals surface area contributed by atoms with Gasteiger partial charge in [-0.2, -0.15) is 5.10 Å². The molecule has 46 heavy (non-hydrogen) atoms. The van der Waals surface area contributed by atoms with Gasteiger partial charge in [-0.1, -0.05) is 108 Å². The Hall–Kier alpha value is -4.08. The lowest BCUT2D eigenvalue weighted by atomic mass is 9.95. The topological polar surface area (TPSA) is 94.2 Å². The second-order valence-electron chi connectivity index (χ2n) is 10.8. The van der Waals surface area contributed by atoms with Crippen LogP contribution < -0.4 is 16.1 Å². The molecule has 0 atom stereocenters. The van der Waals surface area contributed by atoms with Gasteiger partial charge in [-0.25, -0.2) is 0 Å². The lowest BCUT2D eigenvalue weighted by molar-refractivity contribution is 0.291. The molecule has 0 bridgehead atoms. The van der Waals surface area contributed by atoms with Crippen molar-refractivity contribution in [3.63, 3.8) is 0 Å². The number of nitrogens with zero attached hydrogens (tertiary/aromatic N) is 3. The molecule has 236 valence electrons. The molecule has 0 saturated heterocycles. The molecule has 1 aromatic heterocycles. The first kappa shape index (κ1) is 33.3. The van der Waals surface area contributed by atoms with Gasteiger partial charge in [0, 0.05) is 67.9 Å². The molecule has 0 spiro atoms. The summed E-state index contributed by atoms with van der Waals surface area (Å²) in [6.07, 6.45) is 1.98. The van der Waals surface area contributed by atoms with Crippen molar-refractivity contribution in [2.75, 3.05) is 26.3 Å². The molecule has 0 fully saturated rings. The highest BCUT2D eigenvalue weighted by Crippen LogP contribution is 2.42. The highest BCUT2D eigenvalue weighted by molar-refractivity contribution is 6.39. The van der Waals surface area contributed by atoms with Crippen molar-refractivity contribution in [1.29, 1.82) is 0 Å². The maximum atomic E-state index is 9.01. The number of pyridine rings is 1. The SMILES string of the molecule is C=N/N=c1/cc(-c2cccc(-c3cccc(-c4ccc(CNCCO)cc4)c3Cl)c2Cl)ccn1Cc1ccc(CNCCO)cc1. The minimum absolute atomic E-state index is 0.110. The Balaban J connectivity index is 1.41. The number of hydrogen-bond donors (Lipinski definition) is 4. The smallest absolute Gasteiger partial charge is 0.156 e.